The van der Waals surface area contributed by atoms with Gasteiger partial charge in [0.2, 0.25) is 5.79 Å². The van der Waals surface area contributed by atoms with E-state index in [1.165, 1.54) is 0 Å². The Bertz CT molecular complexity index is 261. The number of aliphatic carboxylic acids is 1. The Morgan fingerprint density at radius 1 is 1.44 bits per heavy atom. The van der Waals surface area contributed by atoms with Crippen molar-refractivity contribution in [2.24, 2.45) is 0 Å². The number of carboxylic acids is 1. The van der Waals surface area contributed by atoms with Gasteiger partial charge in [-0.2, -0.15) is 0 Å². The fourth-order valence-corrected chi connectivity index (χ4v) is 1.51. The zero-order valence-corrected chi connectivity index (χ0v) is 8.41. The van der Waals surface area contributed by atoms with Crippen LogP contribution in [0.1, 0.15) is 0 Å². The maximum atomic E-state index is 10.2. The topological polar surface area (TPSA) is 139 Å². The molecular formula is C8H15NO7. The number of nitrogens with one attached hydrogen (secondary N) is 1. The lowest BCUT2D eigenvalue weighted by Crippen LogP contribution is -2.51. The van der Waals surface area contributed by atoms with Crippen molar-refractivity contribution < 1.29 is 35.1 Å². The van der Waals surface area contributed by atoms with Crippen LogP contribution in [0.25, 0.3) is 0 Å². The molecule has 0 saturated carbocycles. The van der Waals surface area contributed by atoms with E-state index in [-0.39, 0.29) is 6.54 Å². The second-order valence-corrected chi connectivity index (χ2v) is 3.62. The Morgan fingerprint density at radius 2 is 2.06 bits per heavy atom. The Labute approximate surface area is 91.1 Å². The number of hydrogen-bond donors (Lipinski definition) is 6. The predicted octanol–water partition coefficient (Wildman–Crippen LogP) is -3.54. The number of rotatable bonds is 5. The average Bonchev–Trinajstić information content (AvgIpc) is 2.43. The highest BCUT2D eigenvalue weighted by molar-refractivity contribution is 5.68. The minimum atomic E-state index is -2.09. The fraction of sp³-hybridized carbons (Fsp3) is 0.875. The van der Waals surface area contributed by atoms with Gasteiger partial charge in [0.1, 0.15) is 18.3 Å². The Morgan fingerprint density at radius 3 is 2.50 bits per heavy atom. The summed E-state index contributed by atoms with van der Waals surface area (Å²) in [6.45, 7) is -1.34. The van der Waals surface area contributed by atoms with Gasteiger partial charge in [-0.1, -0.05) is 0 Å². The first-order valence-electron chi connectivity index (χ1n) is 4.70. The minimum Gasteiger partial charge on any atom is -0.480 e. The van der Waals surface area contributed by atoms with Crippen molar-refractivity contribution in [3.8, 4) is 0 Å². The van der Waals surface area contributed by atoms with Crippen LogP contribution in [0.3, 0.4) is 0 Å². The van der Waals surface area contributed by atoms with Crippen molar-refractivity contribution >= 4 is 5.97 Å². The fourth-order valence-electron chi connectivity index (χ4n) is 1.51. The third kappa shape index (κ3) is 2.67. The molecule has 0 radical (unpaired) electrons. The van der Waals surface area contributed by atoms with Crippen molar-refractivity contribution in [2.75, 3.05) is 19.7 Å². The number of carbonyl (C=O) groups is 1. The van der Waals surface area contributed by atoms with Gasteiger partial charge >= 0.3 is 5.97 Å². The predicted molar refractivity (Wildman–Crippen MR) is 49.4 cm³/mol. The molecule has 4 atom stereocenters. The van der Waals surface area contributed by atoms with Crippen molar-refractivity contribution in [3.63, 3.8) is 0 Å². The smallest absolute Gasteiger partial charge is 0.317 e. The normalized spacial score (nSPS) is 38.9. The van der Waals surface area contributed by atoms with Crippen LogP contribution in [0.4, 0.5) is 0 Å². The zero-order chi connectivity index (χ0) is 12.3. The highest BCUT2D eigenvalue weighted by Gasteiger charge is 2.52. The average molecular weight is 237 g/mol. The molecule has 1 fully saturated rings. The number of ether oxygens (including phenoxy) is 1. The first-order chi connectivity index (χ1) is 7.40. The maximum absolute atomic E-state index is 10.2. The summed E-state index contributed by atoms with van der Waals surface area (Å²) in [6, 6.07) is 0. The summed E-state index contributed by atoms with van der Waals surface area (Å²) in [5.41, 5.74) is 0. The standard InChI is InChI=1S/C8H15NO7/c10-2-4-6(13)7(14)8(15,16-4)3-9-1-5(11)12/h4,6-7,9-10,13-15H,1-3H2,(H,11,12)/t4-,6-,7+,8+/m1/s1. The first kappa shape index (κ1) is 13.3. The number of hydrogen-bond acceptors (Lipinski definition) is 7. The summed E-state index contributed by atoms with van der Waals surface area (Å²) in [6.07, 6.45) is -4.11. The van der Waals surface area contributed by atoms with E-state index in [2.05, 4.69) is 5.32 Å². The van der Waals surface area contributed by atoms with Gasteiger partial charge in [-0.15, -0.1) is 0 Å². The van der Waals surface area contributed by atoms with Crippen LogP contribution >= 0.6 is 0 Å². The second kappa shape index (κ2) is 5.04. The summed E-state index contributed by atoms with van der Waals surface area (Å²) >= 11 is 0. The van der Waals surface area contributed by atoms with Gasteiger partial charge in [-0.05, 0) is 0 Å². The van der Waals surface area contributed by atoms with Crippen LogP contribution in [0.15, 0.2) is 0 Å². The second-order valence-electron chi connectivity index (χ2n) is 3.62. The lowest BCUT2D eigenvalue weighted by molar-refractivity contribution is -0.226. The molecule has 1 aliphatic heterocycles. The molecule has 0 aromatic heterocycles. The number of aliphatic hydroxyl groups is 4. The van der Waals surface area contributed by atoms with E-state index < -0.39 is 43.2 Å². The Kier molecular flexibility index (Phi) is 4.19. The van der Waals surface area contributed by atoms with E-state index in [0.717, 1.165) is 0 Å². The molecule has 0 bridgehead atoms. The summed E-state index contributed by atoms with van der Waals surface area (Å²) in [5.74, 6) is -3.22. The third-order valence-corrected chi connectivity index (χ3v) is 2.36. The van der Waals surface area contributed by atoms with Crippen LogP contribution in [-0.2, 0) is 9.53 Å². The molecule has 94 valence electrons. The van der Waals surface area contributed by atoms with E-state index in [4.69, 9.17) is 14.9 Å². The lowest BCUT2D eigenvalue weighted by Gasteiger charge is -2.25. The molecule has 1 aliphatic rings. The van der Waals surface area contributed by atoms with Gasteiger partial charge in [0.05, 0.1) is 19.7 Å². The maximum Gasteiger partial charge on any atom is 0.317 e. The molecule has 1 rings (SSSR count). The third-order valence-electron chi connectivity index (χ3n) is 2.36. The zero-order valence-electron chi connectivity index (χ0n) is 8.41. The summed E-state index contributed by atoms with van der Waals surface area (Å²) in [7, 11) is 0. The SMILES string of the molecule is O=C(O)CNC[C@]1(O)O[C@H](CO)[C@@H](O)[C@@H]1O. The van der Waals surface area contributed by atoms with Gasteiger partial charge < -0.3 is 35.6 Å². The molecule has 16 heavy (non-hydrogen) atoms. The van der Waals surface area contributed by atoms with E-state index in [1.807, 2.05) is 0 Å². The molecule has 8 nitrogen and oxygen atoms in total. The van der Waals surface area contributed by atoms with Crippen molar-refractivity contribution in [3.05, 3.63) is 0 Å². The molecule has 6 N–H and O–H groups in total. The Hall–Kier alpha value is -0.770. The van der Waals surface area contributed by atoms with Crippen molar-refractivity contribution in [2.45, 2.75) is 24.1 Å². The lowest BCUT2D eigenvalue weighted by atomic mass is 10.1. The summed E-state index contributed by atoms with van der Waals surface area (Å²) in [5, 5.41) is 48.0. The highest BCUT2D eigenvalue weighted by Crippen LogP contribution is 2.28. The van der Waals surface area contributed by atoms with Gasteiger partial charge in [0.15, 0.2) is 0 Å². The van der Waals surface area contributed by atoms with Crippen LogP contribution in [-0.4, -0.2) is 75.3 Å². The molecule has 0 unspecified atom stereocenters. The summed E-state index contributed by atoms with van der Waals surface area (Å²) < 4.78 is 4.85. The highest BCUT2D eigenvalue weighted by atomic mass is 16.7. The molecule has 1 saturated heterocycles. The van der Waals surface area contributed by atoms with E-state index >= 15 is 0 Å². The molecule has 8 heteroatoms. The summed E-state index contributed by atoms with van der Waals surface area (Å²) in [4.78, 5) is 10.2. The molecular weight excluding hydrogens is 222 g/mol. The largest absolute Gasteiger partial charge is 0.480 e. The Balaban J connectivity index is 2.53. The first-order valence-corrected chi connectivity index (χ1v) is 4.70. The van der Waals surface area contributed by atoms with Crippen LogP contribution < -0.4 is 5.32 Å². The minimum absolute atomic E-state index is 0.367. The van der Waals surface area contributed by atoms with Crippen LogP contribution in [0.5, 0.6) is 0 Å². The van der Waals surface area contributed by atoms with Crippen LogP contribution in [0.2, 0.25) is 0 Å². The molecule has 0 aromatic carbocycles. The van der Waals surface area contributed by atoms with Crippen molar-refractivity contribution in [1.29, 1.82) is 0 Å². The number of aliphatic hydroxyl groups excluding tert-OH is 3. The molecule has 0 aromatic rings. The molecule has 1 heterocycles. The van der Waals surface area contributed by atoms with Gasteiger partial charge in [0.25, 0.3) is 0 Å². The molecule has 0 aliphatic carbocycles. The quantitative estimate of drug-likeness (QED) is 0.289. The molecule has 0 spiro atoms. The van der Waals surface area contributed by atoms with Gasteiger partial charge in [0, 0.05) is 0 Å². The monoisotopic (exact) mass is 237 g/mol. The van der Waals surface area contributed by atoms with E-state index in [9.17, 15) is 20.1 Å². The number of carboxylic acid groups (broad SMARTS) is 1. The molecule has 0 amide bonds. The van der Waals surface area contributed by atoms with Gasteiger partial charge in [-0.3, -0.25) is 4.79 Å². The van der Waals surface area contributed by atoms with Crippen molar-refractivity contribution in [1.82, 2.24) is 5.32 Å². The van der Waals surface area contributed by atoms with Gasteiger partial charge in [-0.25, -0.2) is 0 Å². The van der Waals surface area contributed by atoms with E-state index in [0.29, 0.717) is 0 Å². The van der Waals surface area contributed by atoms with Crippen LogP contribution in [0, 0.1) is 0 Å². The van der Waals surface area contributed by atoms with E-state index in [1.54, 1.807) is 0 Å².